The predicted molar refractivity (Wildman–Crippen MR) is 114 cm³/mol. The lowest BCUT2D eigenvalue weighted by Crippen LogP contribution is -2.17. The van der Waals surface area contributed by atoms with E-state index in [0.29, 0.717) is 10.8 Å². The van der Waals surface area contributed by atoms with Crippen molar-refractivity contribution in [2.45, 2.75) is 29.4 Å². The molecule has 0 saturated carbocycles. The molecule has 0 bridgehead atoms. The van der Waals surface area contributed by atoms with E-state index in [1.807, 2.05) is 0 Å². The Balaban J connectivity index is 2.07. The van der Waals surface area contributed by atoms with Gasteiger partial charge in [0.15, 0.2) is 9.84 Å². The number of unbranched alkanes of at least 4 members (excludes halogenated alkanes) is 1. The summed E-state index contributed by atoms with van der Waals surface area (Å²) in [5.74, 6) is -1.64. The summed E-state index contributed by atoms with van der Waals surface area (Å²) in [6, 6.07) is 14.5. The topological polar surface area (TPSA) is 68.3 Å². The zero-order valence-corrected chi connectivity index (χ0v) is 18.0. The summed E-state index contributed by atoms with van der Waals surface area (Å²) >= 11 is 0. The van der Waals surface area contributed by atoms with Crippen molar-refractivity contribution in [2.75, 3.05) is 12.0 Å². The normalized spacial score (nSPS) is 13.4. The van der Waals surface area contributed by atoms with E-state index in [1.54, 1.807) is 36.4 Å². The number of fused-ring (bicyclic) bond motifs is 1. The minimum absolute atomic E-state index is 0.0263. The molecule has 0 N–H and O–H groups in total. The van der Waals surface area contributed by atoms with E-state index in [-0.39, 0.29) is 35.5 Å². The molecule has 3 aromatic carbocycles. The molecular weight excluding hydrogens is 430 g/mol. The summed E-state index contributed by atoms with van der Waals surface area (Å²) in [4.78, 5) is 0.0392. The van der Waals surface area contributed by atoms with Crippen molar-refractivity contribution in [1.82, 2.24) is 0 Å². The first kappa shape index (κ1) is 22.4. The van der Waals surface area contributed by atoms with Crippen molar-refractivity contribution in [2.24, 2.45) is 0 Å². The van der Waals surface area contributed by atoms with Crippen LogP contribution in [-0.2, 0) is 19.7 Å². The van der Waals surface area contributed by atoms with Crippen molar-refractivity contribution in [3.8, 4) is 0 Å². The third-order valence-electron chi connectivity index (χ3n) is 4.97. The van der Waals surface area contributed by atoms with Gasteiger partial charge >= 0.3 is 0 Å². The highest BCUT2D eigenvalue weighted by Gasteiger charge is 2.32. The molecule has 0 fully saturated rings. The summed E-state index contributed by atoms with van der Waals surface area (Å²) in [7, 11) is -7.29. The van der Waals surface area contributed by atoms with Gasteiger partial charge in [-0.15, -0.1) is 0 Å². The van der Waals surface area contributed by atoms with E-state index in [1.165, 1.54) is 6.07 Å². The third kappa shape index (κ3) is 5.05. The molecule has 160 valence electrons. The average Bonchev–Trinajstić information content (AvgIpc) is 2.68. The lowest BCUT2D eigenvalue weighted by Gasteiger charge is -2.20. The maximum absolute atomic E-state index is 14.6. The first-order valence-electron chi connectivity index (χ1n) is 9.44. The lowest BCUT2D eigenvalue weighted by atomic mass is 10.1. The molecule has 1 atom stereocenters. The van der Waals surface area contributed by atoms with E-state index in [2.05, 4.69) is 0 Å². The van der Waals surface area contributed by atoms with Crippen molar-refractivity contribution in [3.63, 3.8) is 0 Å². The van der Waals surface area contributed by atoms with Crippen LogP contribution in [0.25, 0.3) is 10.8 Å². The molecule has 0 aliphatic carbocycles. The zero-order chi connectivity index (χ0) is 21.9. The molecular formula is C22H22F2O4S2. The Bertz CT molecular complexity index is 1260. The number of halogens is 2. The van der Waals surface area contributed by atoms with E-state index in [4.69, 9.17) is 0 Å². The monoisotopic (exact) mass is 452 g/mol. The van der Waals surface area contributed by atoms with Crippen molar-refractivity contribution >= 4 is 30.4 Å². The number of sulfone groups is 2. The summed E-state index contributed by atoms with van der Waals surface area (Å²) < 4.78 is 78.4. The fourth-order valence-corrected chi connectivity index (χ4v) is 6.32. The van der Waals surface area contributed by atoms with Crippen molar-refractivity contribution < 1.29 is 25.6 Å². The van der Waals surface area contributed by atoms with Crippen LogP contribution in [0.4, 0.5) is 8.78 Å². The van der Waals surface area contributed by atoms with Crippen LogP contribution in [-0.4, -0.2) is 28.8 Å². The van der Waals surface area contributed by atoms with E-state index < -0.39 is 36.6 Å². The Hall–Kier alpha value is -2.32. The van der Waals surface area contributed by atoms with E-state index >= 15 is 0 Å². The van der Waals surface area contributed by atoms with Crippen LogP contribution in [0.2, 0.25) is 0 Å². The van der Waals surface area contributed by atoms with Gasteiger partial charge < -0.3 is 0 Å². The van der Waals surface area contributed by atoms with Crippen LogP contribution < -0.4 is 0 Å². The molecule has 0 aliphatic heterocycles. The van der Waals surface area contributed by atoms with Crippen LogP contribution >= 0.6 is 0 Å². The number of hydrogen-bond donors (Lipinski definition) is 0. The molecule has 3 rings (SSSR count). The highest BCUT2D eigenvalue weighted by atomic mass is 32.2. The summed E-state index contributed by atoms with van der Waals surface area (Å²) in [6.45, 7) is 0. The molecule has 0 spiro atoms. The van der Waals surface area contributed by atoms with Crippen LogP contribution in [0.5, 0.6) is 0 Å². The Kier molecular flexibility index (Phi) is 6.57. The maximum atomic E-state index is 14.6. The second-order valence-corrected chi connectivity index (χ2v) is 11.7. The van der Waals surface area contributed by atoms with Crippen molar-refractivity contribution in [3.05, 3.63) is 77.9 Å². The molecule has 0 aromatic heterocycles. The van der Waals surface area contributed by atoms with Crippen LogP contribution in [0.1, 0.15) is 30.1 Å². The molecule has 0 heterocycles. The second kappa shape index (κ2) is 8.81. The fourth-order valence-electron chi connectivity index (χ4n) is 3.53. The van der Waals surface area contributed by atoms with Crippen LogP contribution in [0.15, 0.2) is 65.6 Å². The zero-order valence-electron chi connectivity index (χ0n) is 16.4. The smallest absolute Gasteiger partial charge is 0.186 e. The summed E-state index contributed by atoms with van der Waals surface area (Å²) in [5, 5.41) is -0.120. The van der Waals surface area contributed by atoms with Gasteiger partial charge in [-0.25, -0.2) is 25.6 Å². The van der Waals surface area contributed by atoms with Gasteiger partial charge in [-0.05, 0) is 42.5 Å². The third-order valence-corrected chi connectivity index (χ3v) is 8.21. The predicted octanol–water partition coefficient (Wildman–Crippen LogP) is 4.85. The molecule has 0 radical (unpaired) electrons. The molecule has 30 heavy (non-hydrogen) atoms. The SMILES string of the molecule is CS(=O)(=O)CCCCC(c1cc(F)ccc1F)S(=O)(=O)c1cccc2ccccc12. The van der Waals surface area contributed by atoms with Gasteiger partial charge in [0.05, 0.1) is 10.1 Å². The quantitative estimate of drug-likeness (QED) is 0.458. The van der Waals surface area contributed by atoms with Gasteiger partial charge in [-0.1, -0.05) is 42.8 Å². The van der Waals surface area contributed by atoms with E-state index in [0.717, 1.165) is 24.5 Å². The average molecular weight is 453 g/mol. The molecule has 3 aromatic rings. The van der Waals surface area contributed by atoms with Gasteiger partial charge in [0, 0.05) is 23.0 Å². The minimum atomic E-state index is -4.09. The first-order chi connectivity index (χ1) is 14.1. The van der Waals surface area contributed by atoms with Crippen LogP contribution in [0.3, 0.4) is 0 Å². The molecule has 8 heteroatoms. The van der Waals surface area contributed by atoms with Crippen molar-refractivity contribution in [1.29, 1.82) is 0 Å². The number of rotatable bonds is 8. The standard InChI is InChI=1S/C22H22F2O4S2/c1-29(25,26)14-5-4-10-22(19-15-17(23)12-13-20(19)24)30(27,28)21-11-6-8-16-7-2-3-9-18(16)21/h2-3,6-9,11-13,15,22H,4-5,10,14H2,1H3. The Labute approximate surface area is 175 Å². The fraction of sp³-hybridized carbons (Fsp3) is 0.273. The molecule has 0 saturated heterocycles. The number of benzene rings is 3. The minimum Gasteiger partial charge on any atom is -0.229 e. The number of hydrogen-bond acceptors (Lipinski definition) is 4. The molecule has 0 aliphatic rings. The maximum Gasteiger partial charge on any atom is 0.186 e. The Morgan fingerprint density at radius 3 is 2.30 bits per heavy atom. The van der Waals surface area contributed by atoms with Crippen LogP contribution in [0, 0.1) is 11.6 Å². The second-order valence-electron chi connectivity index (χ2n) is 7.30. The molecule has 1 unspecified atom stereocenters. The highest BCUT2D eigenvalue weighted by molar-refractivity contribution is 7.92. The lowest BCUT2D eigenvalue weighted by molar-refractivity contribution is 0.544. The van der Waals surface area contributed by atoms with Gasteiger partial charge in [-0.3, -0.25) is 0 Å². The summed E-state index contributed by atoms with van der Waals surface area (Å²) in [6.07, 6.45) is 1.54. The van der Waals surface area contributed by atoms with E-state index in [9.17, 15) is 25.6 Å². The summed E-state index contributed by atoms with van der Waals surface area (Å²) in [5.41, 5.74) is -0.248. The van der Waals surface area contributed by atoms with Gasteiger partial charge in [0.1, 0.15) is 21.5 Å². The van der Waals surface area contributed by atoms with Gasteiger partial charge in [-0.2, -0.15) is 0 Å². The Morgan fingerprint density at radius 2 is 1.57 bits per heavy atom. The first-order valence-corrected chi connectivity index (χ1v) is 13.0. The Morgan fingerprint density at radius 1 is 0.867 bits per heavy atom. The molecule has 4 nitrogen and oxygen atoms in total. The largest absolute Gasteiger partial charge is 0.229 e. The van der Waals surface area contributed by atoms with Gasteiger partial charge in [0.2, 0.25) is 0 Å². The molecule has 0 amide bonds. The van der Waals surface area contributed by atoms with Gasteiger partial charge in [0.25, 0.3) is 0 Å². The highest BCUT2D eigenvalue weighted by Crippen LogP contribution is 2.37.